The number of rotatable bonds is 4. The summed E-state index contributed by atoms with van der Waals surface area (Å²) in [7, 11) is 0. The molecule has 110 valence electrons. The van der Waals surface area contributed by atoms with Crippen molar-refractivity contribution in [1.29, 1.82) is 0 Å². The summed E-state index contributed by atoms with van der Waals surface area (Å²) in [5.74, 6) is -3.51. The molecule has 2 rings (SSSR count). The quantitative estimate of drug-likeness (QED) is 0.694. The van der Waals surface area contributed by atoms with Gasteiger partial charge in [0.25, 0.3) is 11.6 Å². The number of amides is 1. The standard InChI is InChI=1S/C13H10F2N2O3S/c1-7(12-3-2-4-21-12)16-13(18)8-5-9(14)10(15)6-11(8)17(19)20/h2-7H,1H3,(H,16,18)/t7-/m1/s1. The predicted octanol–water partition coefficient (Wildman–Crippen LogP) is 3.43. The van der Waals surface area contributed by atoms with Gasteiger partial charge in [-0.3, -0.25) is 14.9 Å². The highest BCUT2D eigenvalue weighted by Crippen LogP contribution is 2.24. The molecule has 1 atom stereocenters. The van der Waals surface area contributed by atoms with E-state index >= 15 is 0 Å². The summed E-state index contributed by atoms with van der Waals surface area (Å²) in [6.45, 7) is 1.69. The Hall–Kier alpha value is -2.35. The smallest absolute Gasteiger partial charge is 0.285 e. The molecule has 0 aliphatic rings. The summed E-state index contributed by atoms with van der Waals surface area (Å²) in [4.78, 5) is 22.8. The Morgan fingerprint density at radius 2 is 2.05 bits per heavy atom. The van der Waals surface area contributed by atoms with Gasteiger partial charge in [-0.05, 0) is 24.4 Å². The lowest BCUT2D eigenvalue weighted by molar-refractivity contribution is -0.385. The van der Waals surface area contributed by atoms with Crippen molar-refractivity contribution in [2.24, 2.45) is 0 Å². The van der Waals surface area contributed by atoms with Crippen molar-refractivity contribution in [3.63, 3.8) is 0 Å². The molecule has 0 spiro atoms. The van der Waals surface area contributed by atoms with Gasteiger partial charge in [0.05, 0.1) is 17.0 Å². The second-order valence-electron chi connectivity index (χ2n) is 4.25. The molecule has 21 heavy (non-hydrogen) atoms. The van der Waals surface area contributed by atoms with Crippen LogP contribution in [0, 0.1) is 21.7 Å². The first-order valence-corrected chi connectivity index (χ1v) is 6.76. The van der Waals surface area contributed by atoms with Crippen molar-refractivity contribution in [1.82, 2.24) is 5.32 Å². The molecule has 1 amide bonds. The zero-order valence-corrected chi connectivity index (χ0v) is 11.6. The van der Waals surface area contributed by atoms with Crippen LogP contribution in [-0.4, -0.2) is 10.8 Å². The fraction of sp³-hybridized carbons (Fsp3) is 0.154. The van der Waals surface area contributed by atoms with E-state index in [0.29, 0.717) is 12.1 Å². The first-order chi connectivity index (χ1) is 9.90. The molecule has 8 heteroatoms. The van der Waals surface area contributed by atoms with Crippen LogP contribution in [0.2, 0.25) is 0 Å². The number of carbonyl (C=O) groups excluding carboxylic acids is 1. The SMILES string of the molecule is C[C@@H](NC(=O)c1cc(F)c(F)cc1[N+](=O)[O-])c1cccs1. The molecule has 0 aliphatic heterocycles. The molecule has 2 aromatic rings. The van der Waals surface area contributed by atoms with Crippen molar-refractivity contribution in [2.75, 3.05) is 0 Å². The molecule has 5 nitrogen and oxygen atoms in total. The predicted molar refractivity (Wildman–Crippen MR) is 73.2 cm³/mol. The van der Waals surface area contributed by atoms with Crippen LogP contribution in [-0.2, 0) is 0 Å². The Bertz CT molecular complexity index is 689. The summed E-state index contributed by atoms with van der Waals surface area (Å²) in [6, 6.07) is 4.12. The maximum atomic E-state index is 13.2. The number of nitrogens with zero attached hydrogens (tertiary/aromatic N) is 1. The number of hydrogen-bond donors (Lipinski definition) is 1. The topological polar surface area (TPSA) is 72.2 Å². The highest BCUT2D eigenvalue weighted by atomic mass is 32.1. The van der Waals surface area contributed by atoms with Crippen LogP contribution in [0.5, 0.6) is 0 Å². The van der Waals surface area contributed by atoms with Crippen molar-refractivity contribution in [3.05, 3.63) is 61.8 Å². The maximum absolute atomic E-state index is 13.2. The van der Waals surface area contributed by atoms with Gasteiger partial charge in [0.1, 0.15) is 5.56 Å². The van der Waals surface area contributed by atoms with Crippen LogP contribution in [0.3, 0.4) is 0 Å². The fourth-order valence-electron chi connectivity index (χ4n) is 1.75. The van der Waals surface area contributed by atoms with Crippen LogP contribution in [0.4, 0.5) is 14.5 Å². The molecule has 0 saturated carbocycles. The average Bonchev–Trinajstić information content (AvgIpc) is 2.95. The van der Waals surface area contributed by atoms with Crippen LogP contribution in [0.1, 0.15) is 28.2 Å². The van der Waals surface area contributed by atoms with Crippen LogP contribution in [0.25, 0.3) is 0 Å². The highest BCUT2D eigenvalue weighted by Gasteiger charge is 2.25. The second-order valence-corrected chi connectivity index (χ2v) is 5.23. The lowest BCUT2D eigenvalue weighted by atomic mass is 10.1. The number of nitro benzene ring substituents is 1. The summed E-state index contributed by atoms with van der Waals surface area (Å²) in [5, 5.41) is 15.2. The molecule has 0 bridgehead atoms. The third-order valence-electron chi connectivity index (χ3n) is 2.80. The van der Waals surface area contributed by atoms with E-state index in [1.54, 1.807) is 19.1 Å². The zero-order chi connectivity index (χ0) is 15.6. The minimum atomic E-state index is -1.37. The van der Waals surface area contributed by atoms with Gasteiger partial charge in [0.2, 0.25) is 0 Å². The van der Waals surface area contributed by atoms with Crippen LogP contribution in [0.15, 0.2) is 29.6 Å². The van der Waals surface area contributed by atoms with Crippen molar-refractivity contribution in [3.8, 4) is 0 Å². The Kier molecular flexibility index (Phi) is 4.27. The minimum Gasteiger partial charge on any atom is -0.344 e. The number of hydrogen-bond acceptors (Lipinski definition) is 4. The van der Waals surface area contributed by atoms with E-state index in [2.05, 4.69) is 5.32 Å². The molecule has 0 radical (unpaired) electrons. The molecule has 0 unspecified atom stereocenters. The van der Waals surface area contributed by atoms with Crippen molar-refractivity contribution >= 4 is 22.9 Å². The number of thiophene rings is 1. The third-order valence-corrected chi connectivity index (χ3v) is 3.85. The molecule has 1 heterocycles. The van der Waals surface area contributed by atoms with Gasteiger partial charge in [0, 0.05) is 4.88 Å². The summed E-state index contributed by atoms with van der Waals surface area (Å²) >= 11 is 1.40. The van der Waals surface area contributed by atoms with E-state index in [-0.39, 0.29) is 0 Å². The second kappa shape index (κ2) is 5.96. The molecule has 1 aromatic heterocycles. The Labute approximate surface area is 122 Å². The fourth-order valence-corrected chi connectivity index (χ4v) is 2.49. The zero-order valence-electron chi connectivity index (χ0n) is 10.8. The third kappa shape index (κ3) is 3.22. The monoisotopic (exact) mass is 312 g/mol. The van der Waals surface area contributed by atoms with E-state index in [1.165, 1.54) is 11.3 Å². The Balaban J connectivity index is 2.30. The highest BCUT2D eigenvalue weighted by molar-refractivity contribution is 7.10. The van der Waals surface area contributed by atoms with E-state index in [0.717, 1.165) is 4.88 Å². The number of nitro groups is 1. The van der Waals surface area contributed by atoms with E-state index in [1.807, 2.05) is 5.38 Å². The lowest BCUT2D eigenvalue weighted by Crippen LogP contribution is -2.27. The molecule has 0 fully saturated rings. The van der Waals surface area contributed by atoms with Gasteiger partial charge < -0.3 is 5.32 Å². The number of carbonyl (C=O) groups is 1. The lowest BCUT2D eigenvalue weighted by Gasteiger charge is -2.12. The van der Waals surface area contributed by atoms with Gasteiger partial charge in [-0.25, -0.2) is 8.78 Å². The molecule has 0 aliphatic carbocycles. The molecule has 0 saturated heterocycles. The van der Waals surface area contributed by atoms with Gasteiger partial charge in [-0.2, -0.15) is 0 Å². The van der Waals surface area contributed by atoms with E-state index in [9.17, 15) is 23.7 Å². The van der Waals surface area contributed by atoms with Gasteiger partial charge in [-0.15, -0.1) is 11.3 Å². The van der Waals surface area contributed by atoms with Gasteiger partial charge in [-0.1, -0.05) is 6.07 Å². The van der Waals surface area contributed by atoms with Crippen LogP contribution >= 0.6 is 11.3 Å². The first kappa shape index (κ1) is 15.0. The number of nitrogens with one attached hydrogen (secondary N) is 1. The average molecular weight is 312 g/mol. The largest absolute Gasteiger partial charge is 0.344 e. The normalized spacial score (nSPS) is 12.0. The maximum Gasteiger partial charge on any atom is 0.285 e. The minimum absolute atomic E-state index is 0.398. The van der Waals surface area contributed by atoms with Gasteiger partial charge in [0.15, 0.2) is 11.6 Å². The van der Waals surface area contributed by atoms with E-state index < -0.39 is 39.8 Å². The number of benzene rings is 1. The van der Waals surface area contributed by atoms with E-state index in [4.69, 9.17) is 0 Å². The molecular weight excluding hydrogens is 302 g/mol. The molecular formula is C13H10F2N2O3S. The summed E-state index contributed by atoms with van der Waals surface area (Å²) in [6.07, 6.45) is 0. The summed E-state index contributed by atoms with van der Waals surface area (Å²) < 4.78 is 26.3. The van der Waals surface area contributed by atoms with Gasteiger partial charge >= 0.3 is 0 Å². The molecule has 1 aromatic carbocycles. The van der Waals surface area contributed by atoms with Crippen molar-refractivity contribution < 1.29 is 18.5 Å². The Morgan fingerprint density at radius 1 is 1.38 bits per heavy atom. The first-order valence-electron chi connectivity index (χ1n) is 5.88. The summed E-state index contributed by atoms with van der Waals surface area (Å²) in [5.41, 5.74) is -1.29. The van der Waals surface area contributed by atoms with Crippen molar-refractivity contribution in [2.45, 2.75) is 13.0 Å². The molecule has 1 N–H and O–H groups in total. The Morgan fingerprint density at radius 3 is 2.62 bits per heavy atom. The number of halogens is 2. The van der Waals surface area contributed by atoms with Crippen LogP contribution < -0.4 is 5.32 Å².